The smallest absolute Gasteiger partial charge is 0.166 e. The molecule has 0 nitrogen and oxygen atoms in total. The zero-order valence-corrected chi connectivity index (χ0v) is 29.0. The lowest BCUT2D eigenvalue weighted by Crippen LogP contribution is -2.25. The zero-order valence-electron chi connectivity index (χ0n) is 29.0. The van der Waals surface area contributed by atoms with Gasteiger partial charge in [-0.2, -0.15) is 0 Å². The number of hydrogen-bond acceptors (Lipinski definition) is 0. The summed E-state index contributed by atoms with van der Waals surface area (Å²) in [5.74, 6) is 1.24. The maximum Gasteiger partial charge on any atom is 0.166 e. The number of benzene rings is 3. The van der Waals surface area contributed by atoms with Gasteiger partial charge in [-0.1, -0.05) is 119 Å². The molecule has 5 rings (SSSR count). The summed E-state index contributed by atoms with van der Waals surface area (Å²) in [5.41, 5.74) is 3.90. The Hall–Kier alpha value is -2.81. The van der Waals surface area contributed by atoms with Crippen LogP contribution in [0.1, 0.15) is 140 Å². The molecule has 254 valence electrons. The number of allylic oxidation sites excluding steroid dienone is 2. The van der Waals surface area contributed by atoms with Crippen LogP contribution in [0.5, 0.6) is 0 Å². The molecule has 47 heavy (non-hydrogen) atoms. The summed E-state index contributed by atoms with van der Waals surface area (Å²) in [6.07, 6.45) is 25.8. The minimum absolute atomic E-state index is 0.124. The first-order chi connectivity index (χ1) is 23.0. The molecule has 0 radical (unpaired) electrons. The molecule has 3 aromatic carbocycles. The van der Waals surface area contributed by atoms with Crippen molar-refractivity contribution >= 4 is 0 Å². The number of rotatable bonds is 15. The summed E-state index contributed by atoms with van der Waals surface area (Å²) >= 11 is 0. The van der Waals surface area contributed by atoms with Crippen LogP contribution in [0.2, 0.25) is 0 Å². The molecule has 0 spiro atoms. The number of unbranched alkanes of at least 4 members (excludes halogenated alkanes) is 6. The quantitative estimate of drug-likeness (QED) is 0.114. The van der Waals surface area contributed by atoms with E-state index in [1.165, 1.54) is 77.0 Å². The number of hydrogen-bond donors (Lipinski definition) is 0. The molecule has 0 unspecified atom stereocenters. The Morgan fingerprint density at radius 2 is 1.26 bits per heavy atom. The Kier molecular flexibility index (Phi) is 13.7. The van der Waals surface area contributed by atoms with Gasteiger partial charge in [-0.05, 0) is 129 Å². The lowest BCUT2D eigenvalue weighted by molar-refractivity contribution is 0.156. The Balaban J connectivity index is 1.13. The van der Waals surface area contributed by atoms with E-state index in [0.29, 0.717) is 23.5 Å². The van der Waals surface area contributed by atoms with Gasteiger partial charge < -0.3 is 0 Å². The van der Waals surface area contributed by atoms with E-state index in [4.69, 9.17) is 0 Å². The van der Waals surface area contributed by atoms with E-state index in [-0.39, 0.29) is 11.4 Å². The molecule has 0 atom stereocenters. The highest BCUT2D eigenvalue weighted by Crippen LogP contribution is 2.45. The van der Waals surface area contributed by atoms with Crippen LogP contribution in [-0.2, 0) is 6.42 Å². The third-order valence-corrected chi connectivity index (χ3v) is 11.5. The van der Waals surface area contributed by atoms with Gasteiger partial charge in [0.25, 0.3) is 0 Å². The van der Waals surface area contributed by atoms with E-state index in [1.54, 1.807) is 18.2 Å². The van der Waals surface area contributed by atoms with Gasteiger partial charge in [0, 0.05) is 5.56 Å². The molecule has 0 N–H and O–H groups in total. The average Bonchev–Trinajstić information content (AvgIpc) is 3.10. The molecule has 3 aromatic rings. The van der Waals surface area contributed by atoms with Crippen LogP contribution in [0, 0.1) is 35.2 Å². The van der Waals surface area contributed by atoms with Crippen molar-refractivity contribution in [1.82, 2.24) is 0 Å². The molecule has 2 saturated carbocycles. The van der Waals surface area contributed by atoms with Gasteiger partial charge in [0.1, 0.15) is 5.82 Å². The van der Waals surface area contributed by atoms with Crippen molar-refractivity contribution in [3.8, 4) is 22.3 Å². The zero-order chi connectivity index (χ0) is 33.0. The first-order valence-electron chi connectivity index (χ1n) is 19.0. The second-order valence-corrected chi connectivity index (χ2v) is 14.6. The molecule has 0 heterocycles. The predicted octanol–water partition coefficient (Wildman–Crippen LogP) is 14.2. The van der Waals surface area contributed by atoms with Crippen LogP contribution in [-0.4, -0.2) is 0 Å². The summed E-state index contributed by atoms with van der Waals surface area (Å²) in [6.45, 7) is 4.32. The van der Waals surface area contributed by atoms with Crippen molar-refractivity contribution < 1.29 is 13.2 Å². The molecule has 3 heteroatoms. The fourth-order valence-electron chi connectivity index (χ4n) is 8.51. The summed E-state index contributed by atoms with van der Waals surface area (Å²) in [6, 6.07) is 16.5. The molecule has 2 aliphatic carbocycles. The first kappa shape index (κ1) is 35.5. The van der Waals surface area contributed by atoms with Gasteiger partial charge in [-0.15, -0.1) is 0 Å². The summed E-state index contributed by atoms with van der Waals surface area (Å²) in [4.78, 5) is 0. The van der Waals surface area contributed by atoms with Crippen molar-refractivity contribution in [3.63, 3.8) is 0 Å². The van der Waals surface area contributed by atoms with E-state index in [1.807, 2.05) is 36.4 Å². The van der Waals surface area contributed by atoms with Crippen molar-refractivity contribution in [2.24, 2.45) is 17.8 Å². The number of halogens is 3. The highest BCUT2D eigenvalue weighted by atomic mass is 19.2. The summed E-state index contributed by atoms with van der Waals surface area (Å²) < 4.78 is 45.6. The van der Waals surface area contributed by atoms with Crippen LogP contribution in [0.25, 0.3) is 22.3 Å². The maximum atomic E-state index is 15.5. The van der Waals surface area contributed by atoms with Crippen LogP contribution >= 0.6 is 0 Å². The molecule has 2 fully saturated rings. The molecule has 0 amide bonds. The highest BCUT2D eigenvalue weighted by Gasteiger charge is 2.32. The minimum atomic E-state index is -0.781. The van der Waals surface area contributed by atoms with Crippen molar-refractivity contribution in [2.75, 3.05) is 0 Å². The maximum absolute atomic E-state index is 15.5. The van der Waals surface area contributed by atoms with Crippen LogP contribution in [0.4, 0.5) is 13.2 Å². The van der Waals surface area contributed by atoms with E-state index >= 15 is 8.78 Å². The monoisotopic (exact) mass is 642 g/mol. The first-order valence-corrected chi connectivity index (χ1v) is 19.0. The lowest BCUT2D eigenvalue weighted by Gasteiger charge is -2.38. The van der Waals surface area contributed by atoms with E-state index in [9.17, 15) is 4.39 Å². The van der Waals surface area contributed by atoms with Crippen LogP contribution in [0.3, 0.4) is 0 Å². The molecular weight excluding hydrogens is 585 g/mol. The molecule has 0 aromatic heterocycles. The SMILES string of the molecule is CC=CCCC1CCC(C2CCC(c3ccc(-c4ccc(-c5ccc(CCCCCCCCC)c(F)c5F)cc4)cc3F)CC2)CC1. The fraction of sp³-hybridized carbons (Fsp3) is 0.545. The van der Waals surface area contributed by atoms with E-state index < -0.39 is 11.6 Å². The Morgan fingerprint density at radius 1 is 0.638 bits per heavy atom. The van der Waals surface area contributed by atoms with E-state index in [0.717, 1.165) is 66.5 Å². The standard InChI is InChI=1S/C44H57F3/c1-3-5-7-8-9-10-12-14-38-27-30-41(44(47)43(38)46)37-25-21-35(22-26-37)39-28-29-40(42(45)31-39)36-23-19-34(20-24-36)33-17-15-32(16-18-33)13-11-6-4-2/h4,6,21-22,25-34,36H,3,5,7-20,23-24H2,1-2H3. The topological polar surface area (TPSA) is 0 Å². The largest absolute Gasteiger partial charge is 0.207 e. The van der Waals surface area contributed by atoms with Crippen molar-refractivity contribution in [2.45, 2.75) is 135 Å². The molecule has 0 aliphatic heterocycles. The molecule has 0 saturated heterocycles. The number of aryl methyl sites for hydroxylation is 1. The molecular formula is C44H57F3. The minimum Gasteiger partial charge on any atom is -0.207 e. The predicted molar refractivity (Wildman–Crippen MR) is 193 cm³/mol. The second kappa shape index (κ2) is 18.1. The van der Waals surface area contributed by atoms with Gasteiger partial charge in [-0.25, -0.2) is 13.2 Å². The molecule has 0 bridgehead atoms. The summed E-state index contributed by atoms with van der Waals surface area (Å²) in [7, 11) is 0. The van der Waals surface area contributed by atoms with Crippen LogP contribution in [0.15, 0.2) is 66.7 Å². The lowest BCUT2D eigenvalue weighted by atomic mass is 9.68. The van der Waals surface area contributed by atoms with Crippen LogP contribution < -0.4 is 0 Å². The Bertz CT molecular complexity index is 1400. The second-order valence-electron chi connectivity index (χ2n) is 14.6. The van der Waals surface area contributed by atoms with Gasteiger partial charge in [0.05, 0.1) is 0 Å². The third kappa shape index (κ3) is 9.64. The summed E-state index contributed by atoms with van der Waals surface area (Å²) in [5, 5.41) is 0. The fourth-order valence-corrected chi connectivity index (χ4v) is 8.51. The van der Waals surface area contributed by atoms with Gasteiger partial charge in [-0.3, -0.25) is 0 Å². The van der Waals surface area contributed by atoms with Gasteiger partial charge in [0.15, 0.2) is 11.6 Å². The third-order valence-electron chi connectivity index (χ3n) is 11.5. The Morgan fingerprint density at radius 3 is 1.91 bits per heavy atom. The van der Waals surface area contributed by atoms with Gasteiger partial charge in [0.2, 0.25) is 0 Å². The molecule has 2 aliphatic rings. The normalized spacial score (nSPS) is 21.8. The highest BCUT2D eigenvalue weighted by molar-refractivity contribution is 5.71. The van der Waals surface area contributed by atoms with Crippen molar-refractivity contribution in [1.29, 1.82) is 0 Å². The van der Waals surface area contributed by atoms with Crippen molar-refractivity contribution in [3.05, 3.63) is 95.3 Å². The van der Waals surface area contributed by atoms with E-state index in [2.05, 4.69) is 26.0 Å². The average molecular weight is 643 g/mol. The van der Waals surface area contributed by atoms with Gasteiger partial charge >= 0.3 is 0 Å². The Labute approximate surface area is 283 Å².